The first-order chi connectivity index (χ1) is 15.7. The highest BCUT2D eigenvalue weighted by atomic mass is 16.9. The number of rotatable bonds is 26. The molecule has 3 heteroatoms. The van der Waals surface area contributed by atoms with Gasteiger partial charge in [-0.25, -0.2) is 0 Å². The largest absolute Gasteiger partial charge is 0.330 e. The molecule has 0 aromatic rings. The van der Waals surface area contributed by atoms with Gasteiger partial charge in [0.25, 0.3) is 5.97 Å². The Labute approximate surface area is 202 Å². The minimum Gasteiger partial charge on any atom is -0.330 e. The van der Waals surface area contributed by atoms with Crippen molar-refractivity contribution in [3.8, 4) is 0 Å². The van der Waals surface area contributed by atoms with Gasteiger partial charge < -0.3 is 14.2 Å². The van der Waals surface area contributed by atoms with Crippen LogP contribution in [0.15, 0.2) is 12.7 Å². The Hall–Kier alpha value is -0.380. The maximum absolute atomic E-state index is 6.36. The number of ether oxygens (including phenoxy) is 3. The van der Waals surface area contributed by atoms with E-state index in [1.807, 2.05) is 6.08 Å². The molecule has 0 aromatic carbocycles. The molecule has 1 unspecified atom stereocenters. The van der Waals surface area contributed by atoms with Crippen molar-refractivity contribution in [3.63, 3.8) is 0 Å². The third kappa shape index (κ3) is 16.3. The Balaban J connectivity index is 4.65. The highest BCUT2D eigenvalue weighted by Crippen LogP contribution is 2.31. The Kier molecular flexibility index (Phi) is 23.5. The number of methoxy groups -OCH3 is 1. The summed E-state index contributed by atoms with van der Waals surface area (Å²) in [6.07, 6.45) is 25.8. The van der Waals surface area contributed by atoms with Gasteiger partial charge in [-0.1, -0.05) is 130 Å². The molecule has 0 aliphatic carbocycles. The number of unbranched alkanes of at least 4 members (excludes halogenated alkanes) is 15. The molecule has 0 spiro atoms. The second kappa shape index (κ2) is 23.8. The van der Waals surface area contributed by atoms with Gasteiger partial charge in [-0.3, -0.25) is 0 Å². The van der Waals surface area contributed by atoms with E-state index >= 15 is 0 Å². The fourth-order valence-corrected chi connectivity index (χ4v) is 4.30. The molecule has 0 saturated carbocycles. The fourth-order valence-electron chi connectivity index (χ4n) is 4.30. The third-order valence-corrected chi connectivity index (χ3v) is 6.49. The van der Waals surface area contributed by atoms with Gasteiger partial charge in [0, 0.05) is 7.11 Å². The van der Waals surface area contributed by atoms with Gasteiger partial charge >= 0.3 is 0 Å². The predicted octanol–water partition coefficient (Wildman–Crippen LogP) is 9.59. The summed E-state index contributed by atoms with van der Waals surface area (Å²) in [5, 5.41) is 0. The third-order valence-electron chi connectivity index (χ3n) is 6.49. The first kappa shape index (κ1) is 31.6. The Morgan fingerprint density at radius 2 is 0.969 bits per heavy atom. The van der Waals surface area contributed by atoms with Gasteiger partial charge in [0.1, 0.15) is 0 Å². The molecule has 0 bridgehead atoms. The quantitative estimate of drug-likeness (QED) is 0.0739. The van der Waals surface area contributed by atoms with E-state index in [4.69, 9.17) is 14.2 Å². The van der Waals surface area contributed by atoms with Crippen molar-refractivity contribution >= 4 is 0 Å². The summed E-state index contributed by atoms with van der Waals surface area (Å²) in [7, 11) is 1.74. The molecule has 0 fully saturated rings. The van der Waals surface area contributed by atoms with E-state index in [1.54, 1.807) is 7.11 Å². The molecular formula is C29H58O3. The van der Waals surface area contributed by atoms with Crippen molar-refractivity contribution in [2.75, 3.05) is 20.3 Å². The monoisotopic (exact) mass is 454 g/mol. The van der Waals surface area contributed by atoms with E-state index in [2.05, 4.69) is 27.4 Å². The Morgan fingerprint density at radius 3 is 1.34 bits per heavy atom. The van der Waals surface area contributed by atoms with Crippen LogP contribution in [0.3, 0.4) is 0 Å². The molecule has 0 rings (SSSR count). The standard InChI is InChI=1S/C29H58O3/c1-6-10-13-16-19-22-25-28(9-4)29(30-5,31-26-23-20-17-14-11-7-2)32-27-24-21-18-15-12-8-3/h9,28H,4,6-8,10-27H2,1-3,5H3. The summed E-state index contributed by atoms with van der Waals surface area (Å²) in [5.41, 5.74) is 0. The molecule has 0 amide bonds. The zero-order valence-electron chi connectivity index (χ0n) is 22.4. The van der Waals surface area contributed by atoms with Crippen LogP contribution in [0.5, 0.6) is 0 Å². The van der Waals surface area contributed by atoms with E-state index in [0.29, 0.717) is 13.2 Å². The Bertz CT molecular complexity index is 365. The minimum absolute atomic E-state index is 0.0684. The summed E-state index contributed by atoms with van der Waals surface area (Å²) in [6, 6.07) is 0. The predicted molar refractivity (Wildman–Crippen MR) is 140 cm³/mol. The van der Waals surface area contributed by atoms with Crippen molar-refractivity contribution in [3.05, 3.63) is 12.7 Å². The summed E-state index contributed by atoms with van der Waals surface area (Å²) >= 11 is 0. The second-order valence-electron chi connectivity index (χ2n) is 9.44. The second-order valence-corrected chi connectivity index (χ2v) is 9.44. The van der Waals surface area contributed by atoms with Crippen molar-refractivity contribution in [1.29, 1.82) is 0 Å². The molecule has 0 heterocycles. The van der Waals surface area contributed by atoms with Crippen LogP contribution in [0.2, 0.25) is 0 Å². The van der Waals surface area contributed by atoms with Crippen LogP contribution >= 0.6 is 0 Å². The van der Waals surface area contributed by atoms with Crippen LogP contribution < -0.4 is 0 Å². The lowest BCUT2D eigenvalue weighted by Gasteiger charge is -2.37. The molecule has 32 heavy (non-hydrogen) atoms. The average molecular weight is 455 g/mol. The first-order valence-corrected chi connectivity index (χ1v) is 14.2. The summed E-state index contributed by atoms with van der Waals surface area (Å²) < 4.78 is 18.7. The average Bonchev–Trinajstić information content (AvgIpc) is 2.81. The smallest absolute Gasteiger partial charge is 0.289 e. The van der Waals surface area contributed by atoms with Crippen LogP contribution in [0.1, 0.15) is 143 Å². The lowest BCUT2D eigenvalue weighted by molar-refractivity contribution is -0.391. The molecular weight excluding hydrogens is 396 g/mol. The van der Waals surface area contributed by atoms with Gasteiger partial charge in [0.2, 0.25) is 0 Å². The van der Waals surface area contributed by atoms with Gasteiger partial charge in [-0.15, -0.1) is 6.58 Å². The van der Waals surface area contributed by atoms with Gasteiger partial charge in [0.15, 0.2) is 0 Å². The molecule has 0 aromatic heterocycles. The van der Waals surface area contributed by atoms with E-state index < -0.39 is 5.97 Å². The fraction of sp³-hybridized carbons (Fsp3) is 0.931. The van der Waals surface area contributed by atoms with Crippen molar-refractivity contribution in [2.45, 2.75) is 149 Å². The van der Waals surface area contributed by atoms with Gasteiger partial charge in [0.05, 0.1) is 19.1 Å². The summed E-state index contributed by atoms with van der Waals surface area (Å²) in [6.45, 7) is 12.3. The molecule has 0 aliphatic rings. The zero-order valence-corrected chi connectivity index (χ0v) is 22.4. The van der Waals surface area contributed by atoms with E-state index in [0.717, 1.165) is 19.3 Å². The van der Waals surface area contributed by atoms with Crippen LogP contribution in [0.4, 0.5) is 0 Å². The zero-order chi connectivity index (χ0) is 23.8. The van der Waals surface area contributed by atoms with Crippen LogP contribution in [-0.2, 0) is 14.2 Å². The number of hydrogen-bond acceptors (Lipinski definition) is 3. The summed E-state index contributed by atoms with van der Waals surface area (Å²) in [5.74, 6) is -0.906. The van der Waals surface area contributed by atoms with Gasteiger partial charge in [-0.05, 0) is 19.3 Å². The van der Waals surface area contributed by atoms with Crippen molar-refractivity contribution < 1.29 is 14.2 Å². The SMILES string of the molecule is C=CC(CCCCCCCC)C(OC)(OCCCCCCCC)OCCCCCCCC. The topological polar surface area (TPSA) is 27.7 Å². The minimum atomic E-state index is -0.974. The van der Waals surface area contributed by atoms with Crippen LogP contribution in [-0.4, -0.2) is 26.3 Å². The van der Waals surface area contributed by atoms with E-state index in [1.165, 1.54) is 103 Å². The molecule has 0 aliphatic heterocycles. The van der Waals surface area contributed by atoms with Gasteiger partial charge in [-0.2, -0.15) is 0 Å². The molecule has 1 atom stereocenters. The Morgan fingerprint density at radius 1 is 0.594 bits per heavy atom. The molecule has 3 nitrogen and oxygen atoms in total. The van der Waals surface area contributed by atoms with Crippen molar-refractivity contribution in [1.82, 2.24) is 0 Å². The van der Waals surface area contributed by atoms with Crippen LogP contribution in [0, 0.1) is 5.92 Å². The highest BCUT2D eigenvalue weighted by molar-refractivity contribution is 4.87. The maximum Gasteiger partial charge on any atom is 0.289 e. The van der Waals surface area contributed by atoms with E-state index in [-0.39, 0.29) is 5.92 Å². The van der Waals surface area contributed by atoms with Crippen molar-refractivity contribution in [2.24, 2.45) is 5.92 Å². The molecule has 0 N–H and O–H groups in total. The molecule has 0 radical (unpaired) electrons. The molecule has 192 valence electrons. The molecule has 0 saturated heterocycles. The van der Waals surface area contributed by atoms with E-state index in [9.17, 15) is 0 Å². The lowest BCUT2D eigenvalue weighted by atomic mass is 9.97. The lowest BCUT2D eigenvalue weighted by Crippen LogP contribution is -2.45. The van der Waals surface area contributed by atoms with Crippen LogP contribution in [0.25, 0.3) is 0 Å². The highest BCUT2D eigenvalue weighted by Gasteiger charge is 2.39. The summed E-state index contributed by atoms with van der Waals surface area (Å²) in [4.78, 5) is 0. The number of hydrogen-bond donors (Lipinski definition) is 0. The normalized spacial score (nSPS) is 12.9. The first-order valence-electron chi connectivity index (χ1n) is 14.2. The maximum atomic E-state index is 6.36.